The van der Waals surface area contributed by atoms with Crippen molar-refractivity contribution in [3.63, 3.8) is 0 Å². The average Bonchev–Trinajstić information content (AvgIpc) is 3.41. The molecule has 7 unspecified atom stereocenters. The predicted octanol–water partition coefficient (Wildman–Crippen LogP) is 16.0. The molecule has 0 aromatic carbocycles. The smallest absolute Gasteiger partial charge is 0.220 e. The van der Waals surface area contributed by atoms with Gasteiger partial charge in [0, 0.05) is 6.42 Å². The number of rotatable bonds is 52. The van der Waals surface area contributed by atoms with E-state index in [1.807, 2.05) is 6.08 Å². The fourth-order valence-electron chi connectivity index (χ4n) is 9.29. The summed E-state index contributed by atoms with van der Waals surface area (Å²) in [7, 11) is 0. The summed E-state index contributed by atoms with van der Waals surface area (Å²) in [6, 6.07) is -0.834. The highest BCUT2D eigenvalue weighted by atomic mass is 16.7. The molecule has 1 fully saturated rings. The molecule has 7 atom stereocenters. The third kappa shape index (κ3) is 43.7. The van der Waals surface area contributed by atoms with Crippen molar-refractivity contribution in [2.24, 2.45) is 0 Å². The molecule has 1 aliphatic rings. The molecule has 0 aromatic rings. The Bertz CT molecular complexity index is 1500. The van der Waals surface area contributed by atoms with Gasteiger partial charge in [0.1, 0.15) is 24.4 Å². The van der Waals surface area contributed by atoms with E-state index < -0.39 is 49.5 Å². The summed E-state index contributed by atoms with van der Waals surface area (Å²) >= 11 is 0. The van der Waals surface area contributed by atoms with Gasteiger partial charge in [-0.2, -0.15) is 0 Å². The van der Waals surface area contributed by atoms with E-state index in [0.717, 1.165) is 89.9 Å². The number of ether oxygens (including phenoxy) is 2. The quantitative estimate of drug-likeness (QED) is 0.0261. The molecule has 9 nitrogen and oxygen atoms in total. The zero-order valence-corrected chi connectivity index (χ0v) is 48.0. The van der Waals surface area contributed by atoms with Gasteiger partial charge in [-0.05, 0) is 83.5 Å². The lowest BCUT2D eigenvalue weighted by Gasteiger charge is -2.40. The maximum absolute atomic E-state index is 13.1. The fraction of sp³-hybridized carbons (Fsp3) is 0.742. The molecule has 0 bridgehead atoms. The van der Waals surface area contributed by atoms with Crippen molar-refractivity contribution in [2.45, 2.75) is 301 Å². The molecule has 9 heteroatoms. The van der Waals surface area contributed by atoms with Crippen LogP contribution in [-0.2, 0) is 14.3 Å². The topological polar surface area (TPSA) is 149 Å². The highest BCUT2D eigenvalue weighted by molar-refractivity contribution is 5.76. The predicted molar refractivity (Wildman–Crippen MR) is 318 cm³/mol. The summed E-state index contributed by atoms with van der Waals surface area (Å²) < 4.78 is 11.3. The first kappa shape index (κ1) is 70.1. The molecule has 0 aromatic heterocycles. The second-order valence-corrected chi connectivity index (χ2v) is 21.1. The number of nitrogens with one attached hydrogen (secondary N) is 1. The third-order valence-electron chi connectivity index (χ3n) is 14.1. The van der Waals surface area contributed by atoms with Crippen molar-refractivity contribution in [2.75, 3.05) is 13.2 Å². The number of carbonyl (C=O) groups excluding carboxylic acids is 1. The zero-order valence-electron chi connectivity index (χ0n) is 48.0. The zero-order chi connectivity index (χ0) is 54.3. The van der Waals surface area contributed by atoms with E-state index in [2.05, 4.69) is 104 Å². The summed E-state index contributed by atoms with van der Waals surface area (Å²) in [5.74, 6) is -0.197. The van der Waals surface area contributed by atoms with Crippen molar-refractivity contribution in [3.05, 3.63) is 97.2 Å². The average molecular weight is 1050 g/mol. The lowest BCUT2D eigenvalue weighted by Crippen LogP contribution is -2.60. The first-order chi connectivity index (χ1) is 36.8. The SMILES string of the molecule is CC/C=C\C/C=C\C/C=C\C/C=C\C/C=C\C/C=C\CCCCCCCCCCC(=O)NC(COC1OC(CO)C(O)C(O)C1O)C(O)/C=C/CC/C=C/CCCCCCCCCCCCCCCCCCCCC. The molecule has 6 N–H and O–H groups in total. The molecular weight excluding hydrogens is 935 g/mol. The highest BCUT2D eigenvalue weighted by Crippen LogP contribution is 2.23. The number of allylic oxidation sites excluding steroid dienone is 15. The molecule has 1 amide bonds. The Morgan fingerprint density at radius 3 is 1.28 bits per heavy atom. The van der Waals surface area contributed by atoms with Gasteiger partial charge in [0.15, 0.2) is 6.29 Å². The van der Waals surface area contributed by atoms with Gasteiger partial charge in [0.2, 0.25) is 5.91 Å². The van der Waals surface area contributed by atoms with Crippen molar-refractivity contribution in [1.29, 1.82) is 0 Å². The van der Waals surface area contributed by atoms with Gasteiger partial charge in [-0.1, -0.05) is 265 Å². The summed E-state index contributed by atoms with van der Waals surface area (Å²) in [6.07, 6.45) is 71.9. The number of aliphatic hydroxyl groups excluding tert-OH is 5. The Hall–Kier alpha value is -2.89. The third-order valence-corrected chi connectivity index (χ3v) is 14.1. The van der Waals surface area contributed by atoms with Crippen LogP contribution in [0.4, 0.5) is 0 Å². The number of aliphatic hydroxyl groups is 5. The molecule has 0 saturated carbocycles. The largest absolute Gasteiger partial charge is 0.394 e. The van der Waals surface area contributed by atoms with Crippen LogP contribution in [0.1, 0.15) is 258 Å². The highest BCUT2D eigenvalue weighted by Gasteiger charge is 2.44. The minimum absolute atomic E-state index is 0.197. The molecular formula is C66H115NO8. The Labute approximate surface area is 460 Å². The molecule has 1 heterocycles. The number of amides is 1. The molecule has 432 valence electrons. The monoisotopic (exact) mass is 1050 g/mol. The van der Waals surface area contributed by atoms with Crippen molar-refractivity contribution < 1.29 is 39.8 Å². The Morgan fingerprint density at radius 1 is 0.467 bits per heavy atom. The minimum Gasteiger partial charge on any atom is -0.394 e. The second kappa shape index (κ2) is 54.5. The summed E-state index contributed by atoms with van der Waals surface area (Å²) in [4.78, 5) is 13.1. The number of hydrogen-bond donors (Lipinski definition) is 6. The molecule has 1 rings (SSSR count). The standard InChI is InChI=1S/C66H115NO8/c1-3-5-7-9-11-13-15-17-19-21-23-25-27-29-30-32-34-36-38-40-42-44-46-48-50-52-54-56-62(70)67-59(58-74-66-65(73)64(72)63(71)61(57-68)75-66)60(69)55-53-51-49-47-45-43-41-39-37-35-33-31-28-26-24-22-20-18-16-14-12-10-8-6-4-2/h5,7,11,13,17,19,23,25,29-30,34,36,45,47,53,55,59-61,63-66,68-69,71-73H,3-4,6,8-10,12,14-16,18,20-22,24,26-28,31-33,35,37-44,46,48-52,54,56-58H2,1-2H3,(H,67,70)/b7-5-,13-11-,19-17-,25-23-,30-29-,36-34-,47-45+,55-53+. The van der Waals surface area contributed by atoms with Crippen LogP contribution >= 0.6 is 0 Å². The summed E-state index contributed by atoms with van der Waals surface area (Å²) in [6.45, 7) is 3.66. The summed E-state index contributed by atoms with van der Waals surface area (Å²) in [5.41, 5.74) is 0. The van der Waals surface area contributed by atoms with E-state index in [0.29, 0.717) is 6.42 Å². The fourth-order valence-corrected chi connectivity index (χ4v) is 9.29. The first-order valence-electron chi connectivity index (χ1n) is 31.0. The van der Waals surface area contributed by atoms with Crippen LogP contribution in [0.25, 0.3) is 0 Å². The maximum Gasteiger partial charge on any atom is 0.220 e. The Morgan fingerprint density at radius 2 is 0.840 bits per heavy atom. The van der Waals surface area contributed by atoms with Gasteiger partial charge in [-0.25, -0.2) is 0 Å². The Kier molecular flexibility index (Phi) is 50.9. The van der Waals surface area contributed by atoms with Gasteiger partial charge in [0.05, 0.1) is 25.4 Å². The van der Waals surface area contributed by atoms with E-state index in [9.17, 15) is 30.3 Å². The molecule has 0 spiro atoms. The molecule has 1 aliphatic heterocycles. The van der Waals surface area contributed by atoms with Gasteiger partial charge in [-0.15, -0.1) is 0 Å². The van der Waals surface area contributed by atoms with Crippen LogP contribution in [-0.4, -0.2) is 87.5 Å². The minimum atomic E-state index is -1.58. The lowest BCUT2D eigenvalue weighted by atomic mass is 9.99. The maximum atomic E-state index is 13.1. The van der Waals surface area contributed by atoms with Gasteiger partial charge in [0.25, 0.3) is 0 Å². The lowest BCUT2D eigenvalue weighted by molar-refractivity contribution is -0.302. The molecule has 0 radical (unpaired) electrons. The van der Waals surface area contributed by atoms with Crippen LogP contribution in [0, 0.1) is 0 Å². The molecule has 1 saturated heterocycles. The van der Waals surface area contributed by atoms with E-state index in [1.165, 1.54) is 148 Å². The van der Waals surface area contributed by atoms with Crippen LogP contribution in [0.5, 0.6) is 0 Å². The van der Waals surface area contributed by atoms with Crippen molar-refractivity contribution >= 4 is 5.91 Å². The van der Waals surface area contributed by atoms with Gasteiger partial charge in [-0.3, -0.25) is 4.79 Å². The van der Waals surface area contributed by atoms with E-state index in [4.69, 9.17) is 9.47 Å². The first-order valence-corrected chi connectivity index (χ1v) is 31.0. The van der Waals surface area contributed by atoms with Crippen LogP contribution in [0.3, 0.4) is 0 Å². The Balaban J connectivity index is 2.24. The number of unbranched alkanes of at least 4 members (excludes halogenated alkanes) is 28. The van der Waals surface area contributed by atoms with Crippen LogP contribution < -0.4 is 5.32 Å². The molecule has 0 aliphatic carbocycles. The number of hydrogen-bond acceptors (Lipinski definition) is 8. The second-order valence-electron chi connectivity index (χ2n) is 21.1. The van der Waals surface area contributed by atoms with E-state index in [1.54, 1.807) is 6.08 Å². The van der Waals surface area contributed by atoms with Crippen molar-refractivity contribution in [3.8, 4) is 0 Å². The van der Waals surface area contributed by atoms with E-state index >= 15 is 0 Å². The summed E-state index contributed by atoms with van der Waals surface area (Å²) in [5, 5.41) is 54.6. The van der Waals surface area contributed by atoms with Crippen molar-refractivity contribution in [1.82, 2.24) is 5.32 Å². The normalized spacial score (nSPS) is 19.6. The number of carbonyl (C=O) groups is 1. The van der Waals surface area contributed by atoms with E-state index in [-0.39, 0.29) is 12.5 Å². The van der Waals surface area contributed by atoms with Gasteiger partial charge < -0.3 is 40.3 Å². The van der Waals surface area contributed by atoms with Crippen LogP contribution in [0.2, 0.25) is 0 Å². The molecule has 75 heavy (non-hydrogen) atoms. The van der Waals surface area contributed by atoms with Crippen LogP contribution in [0.15, 0.2) is 97.2 Å². The van der Waals surface area contributed by atoms with Gasteiger partial charge >= 0.3 is 0 Å².